The number of hydrogen-bond donors (Lipinski definition) is 1. The highest BCUT2D eigenvalue weighted by atomic mass is 16.5. The Morgan fingerprint density at radius 1 is 1.05 bits per heavy atom. The van der Waals surface area contributed by atoms with Crippen molar-refractivity contribution >= 4 is 11.6 Å². The standard InChI is InChI=1S/C16H17NO2/c1-2-16(18)17-14-10-6-7-11-15(14)19-12-13-8-4-3-5-9-13/h3-11H,2,12H2,1H3,(H,17,18). The average molecular weight is 255 g/mol. The molecule has 98 valence electrons. The van der Waals surface area contributed by atoms with Gasteiger partial charge in [-0.1, -0.05) is 49.4 Å². The van der Waals surface area contributed by atoms with Crippen LogP contribution in [-0.2, 0) is 11.4 Å². The molecule has 1 N–H and O–H groups in total. The number of rotatable bonds is 5. The van der Waals surface area contributed by atoms with E-state index >= 15 is 0 Å². The smallest absolute Gasteiger partial charge is 0.224 e. The summed E-state index contributed by atoms with van der Waals surface area (Å²) in [4.78, 5) is 11.4. The number of carbonyl (C=O) groups excluding carboxylic acids is 1. The summed E-state index contributed by atoms with van der Waals surface area (Å²) in [5.74, 6) is 0.670. The van der Waals surface area contributed by atoms with Crippen LogP contribution in [-0.4, -0.2) is 5.91 Å². The molecule has 0 aromatic heterocycles. The van der Waals surface area contributed by atoms with Gasteiger partial charge in [0.05, 0.1) is 5.69 Å². The molecule has 0 unspecified atom stereocenters. The minimum Gasteiger partial charge on any atom is -0.487 e. The van der Waals surface area contributed by atoms with Gasteiger partial charge in [0.1, 0.15) is 12.4 Å². The minimum atomic E-state index is -0.0178. The predicted octanol–water partition coefficient (Wildman–Crippen LogP) is 3.61. The predicted molar refractivity (Wildman–Crippen MR) is 76.1 cm³/mol. The molecule has 0 aliphatic rings. The van der Waals surface area contributed by atoms with Crippen LogP contribution in [0.15, 0.2) is 54.6 Å². The van der Waals surface area contributed by atoms with Gasteiger partial charge in [-0.15, -0.1) is 0 Å². The van der Waals surface area contributed by atoms with Gasteiger partial charge in [-0.25, -0.2) is 0 Å². The number of para-hydroxylation sites is 2. The Balaban J connectivity index is 2.05. The third kappa shape index (κ3) is 3.85. The summed E-state index contributed by atoms with van der Waals surface area (Å²) in [5.41, 5.74) is 1.81. The normalized spacial score (nSPS) is 9.95. The molecular formula is C16H17NO2. The summed E-state index contributed by atoms with van der Waals surface area (Å²) in [6.07, 6.45) is 0.451. The monoisotopic (exact) mass is 255 g/mol. The van der Waals surface area contributed by atoms with E-state index < -0.39 is 0 Å². The Kier molecular flexibility index (Phi) is 4.56. The highest BCUT2D eigenvalue weighted by Crippen LogP contribution is 2.24. The van der Waals surface area contributed by atoms with Gasteiger partial charge in [0.25, 0.3) is 0 Å². The summed E-state index contributed by atoms with van der Waals surface area (Å²) in [6, 6.07) is 17.4. The van der Waals surface area contributed by atoms with Crippen LogP contribution in [0.1, 0.15) is 18.9 Å². The molecule has 0 aliphatic carbocycles. The Labute approximate surface area is 113 Å². The van der Waals surface area contributed by atoms with Gasteiger partial charge in [0.2, 0.25) is 5.91 Å². The van der Waals surface area contributed by atoms with Gasteiger partial charge in [0, 0.05) is 6.42 Å². The van der Waals surface area contributed by atoms with Crippen LogP contribution in [0.3, 0.4) is 0 Å². The van der Waals surface area contributed by atoms with Crippen LogP contribution in [0.2, 0.25) is 0 Å². The van der Waals surface area contributed by atoms with E-state index in [9.17, 15) is 4.79 Å². The van der Waals surface area contributed by atoms with Gasteiger partial charge in [-0.05, 0) is 17.7 Å². The fraction of sp³-hybridized carbons (Fsp3) is 0.188. The number of nitrogens with one attached hydrogen (secondary N) is 1. The zero-order valence-corrected chi connectivity index (χ0v) is 10.9. The van der Waals surface area contributed by atoms with Crippen molar-refractivity contribution in [3.63, 3.8) is 0 Å². The first-order chi connectivity index (χ1) is 9.29. The summed E-state index contributed by atoms with van der Waals surface area (Å²) in [7, 11) is 0. The lowest BCUT2D eigenvalue weighted by Gasteiger charge is -2.12. The molecule has 2 aromatic rings. The third-order valence-corrected chi connectivity index (χ3v) is 2.72. The maximum Gasteiger partial charge on any atom is 0.224 e. The topological polar surface area (TPSA) is 38.3 Å². The van der Waals surface area contributed by atoms with Gasteiger partial charge >= 0.3 is 0 Å². The fourth-order valence-corrected chi connectivity index (χ4v) is 1.67. The van der Waals surface area contributed by atoms with Crippen LogP contribution < -0.4 is 10.1 Å². The molecule has 2 rings (SSSR count). The molecule has 0 heterocycles. The molecule has 19 heavy (non-hydrogen) atoms. The van der Waals surface area contributed by atoms with Gasteiger partial charge in [-0.2, -0.15) is 0 Å². The lowest BCUT2D eigenvalue weighted by molar-refractivity contribution is -0.115. The van der Waals surface area contributed by atoms with Crippen LogP contribution in [0.25, 0.3) is 0 Å². The molecule has 0 radical (unpaired) electrons. The summed E-state index contributed by atoms with van der Waals surface area (Å²) >= 11 is 0. The Morgan fingerprint density at radius 3 is 2.47 bits per heavy atom. The molecule has 0 saturated heterocycles. The first-order valence-corrected chi connectivity index (χ1v) is 6.35. The number of benzene rings is 2. The molecule has 0 aliphatic heterocycles. The van der Waals surface area contributed by atoms with Crippen molar-refractivity contribution in [2.75, 3.05) is 5.32 Å². The molecule has 0 atom stereocenters. The van der Waals surface area contributed by atoms with Crippen molar-refractivity contribution in [1.29, 1.82) is 0 Å². The van der Waals surface area contributed by atoms with Crippen LogP contribution in [0.4, 0.5) is 5.69 Å². The zero-order valence-electron chi connectivity index (χ0n) is 10.9. The molecule has 0 spiro atoms. The summed E-state index contributed by atoms with van der Waals surface area (Å²) < 4.78 is 5.75. The van der Waals surface area contributed by atoms with Gasteiger partial charge in [-0.3, -0.25) is 4.79 Å². The second-order valence-corrected chi connectivity index (χ2v) is 4.17. The second kappa shape index (κ2) is 6.59. The number of anilines is 1. The fourth-order valence-electron chi connectivity index (χ4n) is 1.67. The van der Waals surface area contributed by atoms with Crippen LogP contribution in [0.5, 0.6) is 5.75 Å². The summed E-state index contributed by atoms with van der Waals surface area (Å²) in [6.45, 7) is 2.31. The first kappa shape index (κ1) is 13.1. The van der Waals surface area contributed by atoms with Crippen molar-refractivity contribution in [1.82, 2.24) is 0 Å². The quantitative estimate of drug-likeness (QED) is 0.886. The molecule has 3 heteroatoms. The molecule has 1 amide bonds. The Morgan fingerprint density at radius 2 is 1.74 bits per heavy atom. The van der Waals surface area contributed by atoms with Crippen molar-refractivity contribution < 1.29 is 9.53 Å². The molecule has 0 fully saturated rings. The first-order valence-electron chi connectivity index (χ1n) is 6.35. The highest BCUT2D eigenvalue weighted by molar-refractivity contribution is 5.91. The van der Waals surface area contributed by atoms with Gasteiger partial charge < -0.3 is 10.1 Å². The summed E-state index contributed by atoms with van der Waals surface area (Å²) in [5, 5.41) is 2.83. The largest absolute Gasteiger partial charge is 0.487 e. The molecule has 3 nitrogen and oxygen atoms in total. The third-order valence-electron chi connectivity index (χ3n) is 2.72. The van der Waals surface area contributed by atoms with Crippen molar-refractivity contribution in [3.05, 3.63) is 60.2 Å². The van der Waals surface area contributed by atoms with Crippen molar-refractivity contribution in [2.45, 2.75) is 20.0 Å². The van der Waals surface area contributed by atoms with Crippen molar-refractivity contribution in [3.8, 4) is 5.75 Å². The zero-order chi connectivity index (χ0) is 13.5. The van der Waals surface area contributed by atoms with E-state index in [0.717, 1.165) is 5.56 Å². The molecule has 0 bridgehead atoms. The molecular weight excluding hydrogens is 238 g/mol. The van der Waals surface area contributed by atoms with E-state index in [1.165, 1.54) is 0 Å². The molecule has 2 aromatic carbocycles. The Hall–Kier alpha value is -2.29. The van der Waals surface area contributed by atoms with E-state index in [1.54, 1.807) is 0 Å². The van der Waals surface area contributed by atoms with E-state index in [-0.39, 0.29) is 5.91 Å². The second-order valence-electron chi connectivity index (χ2n) is 4.17. The maximum atomic E-state index is 11.4. The molecule has 0 saturated carbocycles. The van der Waals surface area contributed by atoms with Gasteiger partial charge in [0.15, 0.2) is 0 Å². The lowest BCUT2D eigenvalue weighted by atomic mass is 10.2. The van der Waals surface area contributed by atoms with E-state index in [2.05, 4.69) is 5.32 Å². The maximum absolute atomic E-state index is 11.4. The number of hydrogen-bond acceptors (Lipinski definition) is 2. The van der Waals surface area contributed by atoms with E-state index in [4.69, 9.17) is 4.74 Å². The number of amides is 1. The number of ether oxygens (including phenoxy) is 1. The minimum absolute atomic E-state index is 0.0178. The lowest BCUT2D eigenvalue weighted by Crippen LogP contribution is -2.10. The van der Waals surface area contributed by atoms with Crippen LogP contribution in [0, 0.1) is 0 Å². The van der Waals surface area contributed by atoms with Crippen LogP contribution >= 0.6 is 0 Å². The van der Waals surface area contributed by atoms with E-state index in [0.29, 0.717) is 24.5 Å². The SMILES string of the molecule is CCC(=O)Nc1ccccc1OCc1ccccc1. The highest BCUT2D eigenvalue weighted by Gasteiger charge is 2.05. The van der Waals surface area contributed by atoms with E-state index in [1.807, 2.05) is 61.5 Å². The average Bonchev–Trinajstić information content (AvgIpc) is 2.47. The Bertz CT molecular complexity index is 537. The number of carbonyl (C=O) groups is 1. The van der Waals surface area contributed by atoms with Crippen molar-refractivity contribution in [2.24, 2.45) is 0 Å².